The monoisotopic (exact) mass is 451 g/mol. The molecule has 0 saturated heterocycles. The molecule has 0 spiro atoms. The SMILES string of the molecule is Cc1cc(CNC(=O)CCc2cc(C(C)(C)C)c(C)c(C(C)(C)C)c2)cc(C(C)(C)C)c1O. The molecule has 3 heteroatoms. The molecule has 0 bridgehead atoms. The molecule has 0 atom stereocenters. The molecule has 2 aromatic rings. The third-order valence-electron chi connectivity index (χ3n) is 6.38. The summed E-state index contributed by atoms with van der Waals surface area (Å²) in [6.07, 6.45) is 1.18. The van der Waals surface area contributed by atoms with Gasteiger partial charge >= 0.3 is 0 Å². The van der Waals surface area contributed by atoms with Crippen molar-refractivity contribution in [1.82, 2.24) is 5.32 Å². The molecule has 182 valence electrons. The summed E-state index contributed by atoms with van der Waals surface area (Å²) in [5, 5.41) is 13.5. The van der Waals surface area contributed by atoms with Crippen LogP contribution in [-0.2, 0) is 34.0 Å². The van der Waals surface area contributed by atoms with Crippen LogP contribution in [0.25, 0.3) is 0 Å². The van der Waals surface area contributed by atoms with E-state index in [0.717, 1.165) is 23.1 Å². The highest BCUT2D eigenvalue weighted by atomic mass is 16.3. The van der Waals surface area contributed by atoms with Gasteiger partial charge in [-0.15, -0.1) is 0 Å². The van der Waals surface area contributed by atoms with Gasteiger partial charge in [-0.3, -0.25) is 4.79 Å². The van der Waals surface area contributed by atoms with Crippen molar-refractivity contribution in [2.45, 2.75) is 112 Å². The van der Waals surface area contributed by atoms with Crippen molar-refractivity contribution in [3.8, 4) is 5.75 Å². The van der Waals surface area contributed by atoms with Crippen LogP contribution in [0.1, 0.15) is 108 Å². The topological polar surface area (TPSA) is 49.3 Å². The lowest BCUT2D eigenvalue weighted by molar-refractivity contribution is -0.121. The zero-order chi connectivity index (χ0) is 25.4. The Morgan fingerprint density at radius 2 is 1.21 bits per heavy atom. The molecule has 2 rings (SSSR count). The van der Waals surface area contributed by atoms with Gasteiger partial charge in [-0.05, 0) is 81.5 Å². The zero-order valence-corrected chi connectivity index (χ0v) is 22.8. The Balaban J connectivity index is 2.15. The average molecular weight is 452 g/mol. The number of aromatic hydroxyl groups is 1. The van der Waals surface area contributed by atoms with E-state index in [-0.39, 0.29) is 22.2 Å². The Labute approximate surface area is 202 Å². The van der Waals surface area contributed by atoms with Crippen molar-refractivity contribution in [3.05, 3.63) is 63.2 Å². The summed E-state index contributed by atoms with van der Waals surface area (Å²) < 4.78 is 0. The number of phenols is 1. The summed E-state index contributed by atoms with van der Waals surface area (Å²) in [5.74, 6) is 0.398. The van der Waals surface area contributed by atoms with E-state index in [0.29, 0.717) is 18.7 Å². The number of amides is 1. The largest absolute Gasteiger partial charge is 0.507 e. The van der Waals surface area contributed by atoms with Crippen molar-refractivity contribution in [1.29, 1.82) is 0 Å². The normalized spacial score (nSPS) is 12.7. The molecule has 0 fully saturated rings. The molecule has 0 aliphatic rings. The van der Waals surface area contributed by atoms with E-state index in [1.165, 1.54) is 22.3 Å². The number of carbonyl (C=O) groups excluding carboxylic acids is 1. The fraction of sp³-hybridized carbons (Fsp3) is 0.567. The van der Waals surface area contributed by atoms with Crippen LogP contribution in [-0.4, -0.2) is 11.0 Å². The molecule has 0 aliphatic carbocycles. The van der Waals surface area contributed by atoms with Gasteiger partial charge in [0.1, 0.15) is 5.75 Å². The summed E-state index contributed by atoms with van der Waals surface area (Å²) in [4.78, 5) is 12.7. The van der Waals surface area contributed by atoms with E-state index < -0.39 is 0 Å². The molecule has 0 radical (unpaired) electrons. The van der Waals surface area contributed by atoms with Gasteiger partial charge < -0.3 is 10.4 Å². The molecule has 2 aromatic carbocycles. The smallest absolute Gasteiger partial charge is 0.220 e. The number of hydrogen-bond donors (Lipinski definition) is 2. The molecular formula is C30H45NO2. The maximum absolute atomic E-state index is 12.7. The first-order valence-corrected chi connectivity index (χ1v) is 12.2. The van der Waals surface area contributed by atoms with Crippen molar-refractivity contribution in [3.63, 3.8) is 0 Å². The summed E-state index contributed by atoms with van der Waals surface area (Å²) >= 11 is 0. The fourth-order valence-electron chi connectivity index (χ4n) is 4.55. The van der Waals surface area contributed by atoms with Gasteiger partial charge in [0.05, 0.1) is 0 Å². The molecule has 0 aliphatic heterocycles. The molecular weight excluding hydrogens is 406 g/mol. The van der Waals surface area contributed by atoms with Crippen molar-refractivity contribution in [2.75, 3.05) is 0 Å². The molecule has 0 saturated carbocycles. The van der Waals surface area contributed by atoms with Gasteiger partial charge in [0.25, 0.3) is 0 Å². The average Bonchev–Trinajstić information content (AvgIpc) is 2.65. The predicted molar refractivity (Wildman–Crippen MR) is 140 cm³/mol. The molecule has 2 N–H and O–H groups in total. The number of phenolic OH excluding ortho intramolecular Hbond substituents is 1. The lowest BCUT2D eigenvalue weighted by Gasteiger charge is -2.30. The number of rotatable bonds is 5. The van der Waals surface area contributed by atoms with Crippen LogP contribution in [0.15, 0.2) is 24.3 Å². The van der Waals surface area contributed by atoms with Crippen LogP contribution in [0, 0.1) is 13.8 Å². The lowest BCUT2D eigenvalue weighted by atomic mass is 9.75. The maximum Gasteiger partial charge on any atom is 0.220 e. The van der Waals surface area contributed by atoms with E-state index in [1.807, 2.05) is 19.1 Å². The van der Waals surface area contributed by atoms with E-state index >= 15 is 0 Å². The minimum absolute atomic E-state index is 0.0493. The van der Waals surface area contributed by atoms with Crippen molar-refractivity contribution in [2.24, 2.45) is 0 Å². The van der Waals surface area contributed by atoms with Gasteiger partial charge in [0.2, 0.25) is 5.91 Å². The highest BCUT2D eigenvalue weighted by Crippen LogP contribution is 2.35. The third-order valence-corrected chi connectivity index (χ3v) is 6.38. The molecule has 0 heterocycles. The molecule has 0 aromatic heterocycles. The van der Waals surface area contributed by atoms with Gasteiger partial charge in [0.15, 0.2) is 0 Å². The van der Waals surface area contributed by atoms with E-state index in [4.69, 9.17) is 0 Å². The Bertz CT molecular complexity index is 976. The number of aryl methyl sites for hydroxylation is 2. The Morgan fingerprint density at radius 3 is 1.67 bits per heavy atom. The van der Waals surface area contributed by atoms with E-state index in [1.54, 1.807) is 0 Å². The minimum atomic E-state index is -0.157. The molecule has 0 unspecified atom stereocenters. The van der Waals surface area contributed by atoms with Crippen LogP contribution in [0.4, 0.5) is 0 Å². The Morgan fingerprint density at radius 1 is 0.758 bits per heavy atom. The number of nitrogens with one attached hydrogen (secondary N) is 1. The Hall–Kier alpha value is -2.29. The lowest BCUT2D eigenvalue weighted by Crippen LogP contribution is -2.24. The zero-order valence-electron chi connectivity index (χ0n) is 22.8. The quantitative estimate of drug-likeness (QED) is 0.507. The highest BCUT2D eigenvalue weighted by molar-refractivity contribution is 5.76. The van der Waals surface area contributed by atoms with Gasteiger partial charge in [0, 0.05) is 13.0 Å². The summed E-state index contributed by atoms with van der Waals surface area (Å²) in [7, 11) is 0. The first-order valence-electron chi connectivity index (χ1n) is 12.2. The van der Waals surface area contributed by atoms with Crippen LogP contribution in [0.2, 0.25) is 0 Å². The second kappa shape index (κ2) is 9.52. The van der Waals surface area contributed by atoms with E-state index in [9.17, 15) is 9.90 Å². The van der Waals surface area contributed by atoms with Crippen LogP contribution < -0.4 is 5.32 Å². The van der Waals surface area contributed by atoms with Crippen LogP contribution in [0.3, 0.4) is 0 Å². The third kappa shape index (κ3) is 6.85. The number of carbonyl (C=O) groups is 1. The van der Waals surface area contributed by atoms with E-state index in [2.05, 4.69) is 86.7 Å². The second-order valence-corrected chi connectivity index (χ2v) is 12.7. The fourth-order valence-corrected chi connectivity index (χ4v) is 4.55. The first-order chi connectivity index (χ1) is 14.9. The standard InChI is InChI=1S/C30H45NO2/c1-19-14-22(17-25(27(19)33)30(9,10)11)18-31-26(32)13-12-21-15-23(28(3,4)5)20(2)24(16-21)29(6,7)8/h14-17,33H,12-13,18H2,1-11H3,(H,31,32). The van der Waals surface area contributed by atoms with Crippen LogP contribution >= 0.6 is 0 Å². The van der Waals surface area contributed by atoms with Crippen molar-refractivity contribution < 1.29 is 9.90 Å². The first kappa shape index (κ1) is 27.0. The summed E-state index contributed by atoms with van der Waals surface area (Å²) in [6, 6.07) is 8.54. The highest BCUT2D eigenvalue weighted by Gasteiger charge is 2.24. The molecule has 33 heavy (non-hydrogen) atoms. The van der Waals surface area contributed by atoms with Gasteiger partial charge in [-0.2, -0.15) is 0 Å². The van der Waals surface area contributed by atoms with Gasteiger partial charge in [-0.25, -0.2) is 0 Å². The van der Waals surface area contributed by atoms with Gasteiger partial charge in [-0.1, -0.05) is 80.5 Å². The summed E-state index contributed by atoms with van der Waals surface area (Å²) in [6.45, 7) is 24.4. The summed E-state index contributed by atoms with van der Waals surface area (Å²) in [5.41, 5.74) is 8.04. The minimum Gasteiger partial charge on any atom is -0.507 e. The predicted octanol–water partition coefficient (Wildman–Crippen LogP) is 7.15. The number of benzene rings is 2. The Kier molecular flexibility index (Phi) is 7.78. The second-order valence-electron chi connectivity index (χ2n) is 12.7. The van der Waals surface area contributed by atoms with Crippen LogP contribution in [0.5, 0.6) is 5.75 Å². The molecule has 1 amide bonds. The number of hydrogen-bond acceptors (Lipinski definition) is 2. The van der Waals surface area contributed by atoms with Crippen molar-refractivity contribution >= 4 is 5.91 Å². The maximum atomic E-state index is 12.7. The molecule has 3 nitrogen and oxygen atoms in total.